The van der Waals surface area contributed by atoms with E-state index in [1.165, 1.54) is 0 Å². The first-order valence-corrected chi connectivity index (χ1v) is 12.2. The van der Waals surface area contributed by atoms with Gasteiger partial charge in [-0.1, -0.05) is 57.9 Å². The van der Waals surface area contributed by atoms with Crippen LogP contribution in [0, 0.1) is 6.92 Å². The lowest BCUT2D eigenvalue weighted by atomic mass is 10.1. The van der Waals surface area contributed by atoms with Crippen LogP contribution in [0.5, 0.6) is 0 Å². The molecule has 7 heteroatoms. The van der Waals surface area contributed by atoms with Crippen molar-refractivity contribution in [3.8, 4) is 0 Å². The minimum atomic E-state index is -3.66. The maximum atomic E-state index is 12.6. The van der Waals surface area contributed by atoms with Crippen LogP contribution in [-0.4, -0.2) is 14.3 Å². The van der Waals surface area contributed by atoms with Gasteiger partial charge in [0.2, 0.25) is 5.91 Å². The van der Waals surface area contributed by atoms with Crippen molar-refractivity contribution in [1.82, 2.24) is 5.32 Å². The van der Waals surface area contributed by atoms with Crippen LogP contribution in [0.2, 0.25) is 0 Å². The van der Waals surface area contributed by atoms with E-state index in [0.717, 1.165) is 21.2 Å². The molecule has 0 radical (unpaired) electrons. The molecule has 0 heterocycles. The summed E-state index contributed by atoms with van der Waals surface area (Å²) in [5, 5.41) is 2.99. The second-order valence-corrected chi connectivity index (χ2v) is 10.1. The molecule has 0 saturated heterocycles. The van der Waals surface area contributed by atoms with Gasteiger partial charge in [-0.2, -0.15) is 0 Å². The zero-order chi connectivity index (χ0) is 22.4. The van der Waals surface area contributed by atoms with Gasteiger partial charge in [-0.05, 0) is 67.8 Å². The third kappa shape index (κ3) is 6.67. The van der Waals surface area contributed by atoms with Crippen LogP contribution in [0.1, 0.15) is 36.1 Å². The third-order valence-corrected chi connectivity index (χ3v) is 6.79. The van der Waals surface area contributed by atoms with Crippen molar-refractivity contribution in [2.45, 2.75) is 37.6 Å². The van der Waals surface area contributed by atoms with Crippen LogP contribution >= 0.6 is 15.9 Å². The van der Waals surface area contributed by atoms with E-state index in [2.05, 4.69) is 26.0 Å². The molecule has 3 rings (SSSR count). The molecule has 0 aliphatic carbocycles. The number of hydrogen-bond acceptors (Lipinski definition) is 3. The average molecular weight is 501 g/mol. The molecule has 5 nitrogen and oxygen atoms in total. The Kier molecular flexibility index (Phi) is 7.51. The summed E-state index contributed by atoms with van der Waals surface area (Å²) in [5.74, 6) is -0.0507. The number of anilines is 1. The molecule has 0 spiro atoms. The summed E-state index contributed by atoms with van der Waals surface area (Å²) in [6, 6.07) is 21.5. The number of nitrogens with one attached hydrogen (secondary N) is 2. The minimum absolute atomic E-state index is 0.0507. The van der Waals surface area contributed by atoms with Crippen molar-refractivity contribution >= 4 is 37.5 Å². The fraction of sp³-hybridized carbons (Fsp3) is 0.208. The molecule has 0 aliphatic rings. The molecule has 0 saturated carbocycles. The van der Waals surface area contributed by atoms with Crippen molar-refractivity contribution in [3.05, 3.63) is 94.0 Å². The van der Waals surface area contributed by atoms with E-state index in [9.17, 15) is 13.2 Å². The number of amides is 1. The zero-order valence-electron chi connectivity index (χ0n) is 17.4. The number of sulfonamides is 1. The molecule has 2 N–H and O–H groups in total. The molecule has 0 fully saturated rings. The smallest absolute Gasteiger partial charge is 0.261 e. The van der Waals surface area contributed by atoms with E-state index in [0.29, 0.717) is 18.5 Å². The number of halogens is 1. The van der Waals surface area contributed by atoms with Crippen molar-refractivity contribution < 1.29 is 13.2 Å². The van der Waals surface area contributed by atoms with Gasteiger partial charge in [-0.25, -0.2) is 8.42 Å². The summed E-state index contributed by atoms with van der Waals surface area (Å²) in [7, 11) is -3.66. The van der Waals surface area contributed by atoms with Crippen LogP contribution in [0.25, 0.3) is 0 Å². The standard InChI is InChI=1S/C24H25BrN2O3S/c1-17-6-11-22(12-7-17)27-31(29,30)23-13-8-19(9-14-23)10-15-24(28)26-18(2)20-4-3-5-21(25)16-20/h3-9,11-14,16,18,27H,10,15H2,1-2H3,(H,26,28)/t18-/m0/s1. The first-order valence-electron chi connectivity index (χ1n) is 9.96. The van der Waals surface area contributed by atoms with Gasteiger partial charge in [0, 0.05) is 16.6 Å². The second kappa shape index (κ2) is 10.1. The molecule has 1 atom stereocenters. The Morgan fingerprint density at radius 1 is 1.00 bits per heavy atom. The molecule has 3 aromatic carbocycles. The average Bonchev–Trinajstić information content (AvgIpc) is 2.74. The largest absolute Gasteiger partial charge is 0.350 e. The molecular formula is C24H25BrN2O3S. The van der Waals surface area contributed by atoms with Gasteiger partial charge in [0.05, 0.1) is 10.9 Å². The predicted molar refractivity (Wildman–Crippen MR) is 127 cm³/mol. The molecule has 3 aromatic rings. The first-order chi connectivity index (χ1) is 14.7. The molecule has 31 heavy (non-hydrogen) atoms. The molecule has 0 bridgehead atoms. The highest BCUT2D eigenvalue weighted by atomic mass is 79.9. The Balaban J connectivity index is 1.55. The molecule has 162 valence electrons. The summed E-state index contributed by atoms with van der Waals surface area (Å²) in [4.78, 5) is 12.5. The lowest BCUT2D eigenvalue weighted by Gasteiger charge is -2.15. The Labute approximate surface area is 192 Å². The minimum Gasteiger partial charge on any atom is -0.350 e. The number of aryl methyl sites for hydroxylation is 2. The Bertz CT molecular complexity index is 1140. The van der Waals surface area contributed by atoms with Gasteiger partial charge >= 0.3 is 0 Å². The van der Waals surface area contributed by atoms with Crippen LogP contribution in [0.3, 0.4) is 0 Å². The van der Waals surface area contributed by atoms with Crippen LogP contribution in [-0.2, 0) is 21.2 Å². The molecule has 1 amide bonds. The summed E-state index contributed by atoms with van der Waals surface area (Å²) in [5.41, 5.74) is 3.51. The first kappa shape index (κ1) is 23.0. The SMILES string of the molecule is Cc1ccc(NS(=O)(=O)c2ccc(CCC(=O)N[C@@H](C)c3cccc(Br)c3)cc2)cc1. The van der Waals surface area contributed by atoms with Gasteiger partial charge in [-0.15, -0.1) is 0 Å². The number of rotatable bonds is 8. The summed E-state index contributed by atoms with van der Waals surface area (Å²) < 4.78 is 28.7. The number of carbonyl (C=O) groups excluding carboxylic acids is 1. The van der Waals surface area contributed by atoms with Crippen LogP contribution in [0.4, 0.5) is 5.69 Å². The summed E-state index contributed by atoms with van der Waals surface area (Å²) >= 11 is 3.44. The maximum Gasteiger partial charge on any atom is 0.261 e. The highest BCUT2D eigenvalue weighted by molar-refractivity contribution is 9.10. The normalized spacial score (nSPS) is 12.2. The van der Waals surface area contributed by atoms with E-state index in [-0.39, 0.29) is 16.8 Å². The number of benzene rings is 3. The monoisotopic (exact) mass is 500 g/mol. The molecular weight excluding hydrogens is 476 g/mol. The van der Waals surface area contributed by atoms with E-state index in [1.54, 1.807) is 36.4 Å². The molecule has 0 aromatic heterocycles. The van der Waals surface area contributed by atoms with Gasteiger partial charge in [0.1, 0.15) is 0 Å². The molecule has 0 aliphatic heterocycles. The molecule has 0 unspecified atom stereocenters. The van der Waals surface area contributed by atoms with Gasteiger partial charge < -0.3 is 5.32 Å². The summed E-state index contributed by atoms with van der Waals surface area (Å²) in [6.45, 7) is 3.89. The number of carbonyl (C=O) groups is 1. The van der Waals surface area contributed by atoms with Crippen LogP contribution < -0.4 is 10.0 Å². The Morgan fingerprint density at radius 3 is 2.32 bits per heavy atom. The summed E-state index contributed by atoms with van der Waals surface area (Å²) in [6.07, 6.45) is 0.856. The highest BCUT2D eigenvalue weighted by Crippen LogP contribution is 2.19. The van der Waals surface area contributed by atoms with Crippen LogP contribution in [0.15, 0.2) is 82.2 Å². The van der Waals surface area contributed by atoms with Gasteiger partial charge in [0.25, 0.3) is 10.0 Å². The van der Waals surface area contributed by atoms with Crippen molar-refractivity contribution in [1.29, 1.82) is 0 Å². The number of hydrogen-bond donors (Lipinski definition) is 2. The Morgan fingerprint density at radius 2 is 1.68 bits per heavy atom. The maximum absolute atomic E-state index is 12.6. The van der Waals surface area contributed by atoms with Gasteiger partial charge in [0.15, 0.2) is 0 Å². The quantitative estimate of drug-likeness (QED) is 0.436. The van der Waals surface area contributed by atoms with Crippen molar-refractivity contribution in [2.75, 3.05) is 4.72 Å². The van der Waals surface area contributed by atoms with E-state index in [1.807, 2.05) is 50.2 Å². The highest BCUT2D eigenvalue weighted by Gasteiger charge is 2.14. The van der Waals surface area contributed by atoms with Crippen molar-refractivity contribution in [3.63, 3.8) is 0 Å². The van der Waals surface area contributed by atoms with E-state index in [4.69, 9.17) is 0 Å². The van der Waals surface area contributed by atoms with Gasteiger partial charge in [-0.3, -0.25) is 9.52 Å². The predicted octanol–water partition coefficient (Wildman–Crippen LogP) is 5.37. The van der Waals surface area contributed by atoms with E-state index < -0.39 is 10.0 Å². The fourth-order valence-corrected chi connectivity index (χ4v) is 4.58. The lowest BCUT2D eigenvalue weighted by molar-refractivity contribution is -0.121. The lowest BCUT2D eigenvalue weighted by Crippen LogP contribution is -2.26. The van der Waals surface area contributed by atoms with Crippen molar-refractivity contribution in [2.24, 2.45) is 0 Å². The topological polar surface area (TPSA) is 75.3 Å². The zero-order valence-corrected chi connectivity index (χ0v) is 19.8. The second-order valence-electron chi connectivity index (χ2n) is 7.46. The Hall–Kier alpha value is -2.64. The van der Waals surface area contributed by atoms with E-state index >= 15 is 0 Å². The third-order valence-electron chi connectivity index (χ3n) is 4.90. The fourth-order valence-electron chi connectivity index (χ4n) is 3.10.